The smallest absolute Gasteiger partial charge is 0.272 e. The van der Waals surface area contributed by atoms with Crippen LogP contribution in [0.3, 0.4) is 0 Å². The third kappa shape index (κ3) is 2.76. The number of hydrogen-bond acceptors (Lipinski definition) is 3. The van der Waals surface area contributed by atoms with E-state index in [1.165, 1.54) is 0 Å². The maximum atomic E-state index is 13.3. The number of aryl methyl sites for hydroxylation is 1. The summed E-state index contributed by atoms with van der Waals surface area (Å²) in [6.07, 6.45) is 1.04. The lowest BCUT2D eigenvalue weighted by atomic mass is 9.83. The highest BCUT2D eigenvalue weighted by Gasteiger charge is 2.37. The van der Waals surface area contributed by atoms with Crippen LogP contribution in [0.25, 0.3) is 11.3 Å². The van der Waals surface area contributed by atoms with Crippen LogP contribution in [0.2, 0.25) is 0 Å². The van der Waals surface area contributed by atoms with Crippen LogP contribution in [0, 0.1) is 5.92 Å². The van der Waals surface area contributed by atoms with Gasteiger partial charge in [0.25, 0.3) is 11.5 Å². The van der Waals surface area contributed by atoms with Gasteiger partial charge in [-0.05, 0) is 24.5 Å². The Labute approximate surface area is 163 Å². The fourth-order valence-electron chi connectivity index (χ4n) is 4.64. The quantitative estimate of drug-likeness (QED) is 0.692. The number of amides is 1. The zero-order valence-corrected chi connectivity index (χ0v) is 15.8. The number of benzene rings is 1. The number of hydrogen-bond donors (Lipinski definition) is 0. The fourth-order valence-corrected chi connectivity index (χ4v) is 4.64. The summed E-state index contributed by atoms with van der Waals surface area (Å²) in [5.41, 5.74) is 3.52. The van der Waals surface area contributed by atoms with Gasteiger partial charge in [0, 0.05) is 49.9 Å². The molecular formula is C22H22N4O2. The van der Waals surface area contributed by atoms with Crippen LogP contribution in [0.1, 0.15) is 28.5 Å². The summed E-state index contributed by atoms with van der Waals surface area (Å²) < 4.78 is 3.56. The Morgan fingerprint density at radius 1 is 1.04 bits per heavy atom. The van der Waals surface area contributed by atoms with Crippen LogP contribution < -0.4 is 5.56 Å². The topological polar surface area (TPSA) is 60.1 Å². The highest BCUT2D eigenvalue weighted by Crippen LogP contribution is 2.35. The molecule has 2 aromatic heterocycles. The molecule has 142 valence electrons. The van der Waals surface area contributed by atoms with Gasteiger partial charge in [-0.3, -0.25) is 14.3 Å². The molecule has 3 aromatic rings. The maximum absolute atomic E-state index is 13.3. The van der Waals surface area contributed by atoms with Crippen LogP contribution >= 0.6 is 0 Å². The standard InChI is InChI=1S/C22H22N4O2/c1-24-20(11-18(23-24)16-6-3-2-4-7-16)22(28)25-12-15-10-17(14-25)19-8-5-9-21(27)26(19)13-15/h2-9,11,15,17H,10,12-14H2,1H3/t15-,17+/m1/s1. The molecule has 0 radical (unpaired) electrons. The summed E-state index contributed by atoms with van der Waals surface area (Å²) in [7, 11) is 1.82. The molecule has 6 nitrogen and oxygen atoms in total. The molecule has 0 aliphatic carbocycles. The van der Waals surface area contributed by atoms with Gasteiger partial charge in [0.2, 0.25) is 0 Å². The molecule has 0 N–H and O–H groups in total. The van der Waals surface area contributed by atoms with Crippen molar-refractivity contribution in [3.8, 4) is 11.3 Å². The molecule has 1 fully saturated rings. The number of fused-ring (bicyclic) bond motifs is 4. The van der Waals surface area contributed by atoms with Crippen molar-refractivity contribution in [3.05, 3.63) is 76.3 Å². The zero-order chi connectivity index (χ0) is 19.3. The van der Waals surface area contributed by atoms with E-state index >= 15 is 0 Å². The minimum Gasteiger partial charge on any atom is -0.336 e. The summed E-state index contributed by atoms with van der Waals surface area (Å²) in [4.78, 5) is 27.4. The van der Waals surface area contributed by atoms with E-state index in [4.69, 9.17) is 0 Å². The van der Waals surface area contributed by atoms with E-state index in [0.29, 0.717) is 31.2 Å². The van der Waals surface area contributed by atoms with Crippen molar-refractivity contribution in [1.29, 1.82) is 0 Å². The lowest BCUT2D eigenvalue weighted by Crippen LogP contribution is -2.49. The summed E-state index contributed by atoms with van der Waals surface area (Å²) in [6, 6.07) is 17.2. The van der Waals surface area contributed by atoms with Crippen LogP contribution in [0.15, 0.2) is 59.4 Å². The van der Waals surface area contributed by atoms with Crippen molar-refractivity contribution >= 4 is 5.91 Å². The van der Waals surface area contributed by atoms with E-state index in [9.17, 15) is 9.59 Å². The van der Waals surface area contributed by atoms with Gasteiger partial charge >= 0.3 is 0 Å². The van der Waals surface area contributed by atoms with Crippen molar-refractivity contribution in [1.82, 2.24) is 19.2 Å². The van der Waals surface area contributed by atoms with E-state index in [2.05, 4.69) is 5.10 Å². The van der Waals surface area contributed by atoms with Crippen LogP contribution in [0.4, 0.5) is 0 Å². The first-order valence-electron chi connectivity index (χ1n) is 9.68. The monoisotopic (exact) mass is 374 g/mol. The Kier molecular flexibility index (Phi) is 3.93. The Morgan fingerprint density at radius 3 is 2.68 bits per heavy atom. The number of nitrogens with zero attached hydrogens (tertiary/aromatic N) is 4. The van der Waals surface area contributed by atoms with Gasteiger partial charge in [-0.1, -0.05) is 36.4 Å². The van der Waals surface area contributed by atoms with Gasteiger partial charge in [0.15, 0.2) is 0 Å². The van der Waals surface area contributed by atoms with Crippen LogP contribution in [0.5, 0.6) is 0 Å². The average molecular weight is 374 g/mol. The number of piperidine rings is 1. The van der Waals surface area contributed by atoms with Gasteiger partial charge in [-0.25, -0.2) is 0 Å². The van der Waals surface area contributed by atoms with E-state index in [1.807, 2.05) is 65.0 Å². The molecular weight excluding hydrogens is 352 g/mol. The second kappa shape index (κ2) is 6.48. The van der Waals surface area contributed by atoms with Crippen LogP contribution in [-0.2, 0) is 13.6 Å². The predicted molar refractivity (Wildman–Crippen MR) is 106 cm³/mol. The first-order chi connectivity index (χ1) is 13.6. The molecule has 0 saturated carbocycles. The Hall–Kier alpha value is -3.15. The molecule has 2 atom stereocenters. The lowest BCUT2D eigenvalue weighted by molar-refractivity contribution is 0.0584. The number of carbonyl (C=O) groups is 1. The molecule has 28 heavy (non-hydrogen) atoms. The Morgan fingerprint density at radius 2 is 1.86 bits per heavy atom. The molecule has 1 amide bonds. The molecule has 4 heterocycles. The van der Waals surface area contributed by atoms with Gasteiger partial charge in [-0.15, -0.1) is 0 Å². The van der Waals surface area contributed by atoms with Gasteiger partial charge in [-0.2, -0.15) is 5.10 Å². The number of carbonyl (C=O) groups excluding carboxylic acids is 1. The van der Waals surface area contributed by atoms with Crippen molar-refractivity contribution in [2.75, 3.05) is 13.1 Å². The normalized spacial score (nSPS) is 20.7. The molecule has 2 bridgehead atoms. The van der Waals surface area contributed by atoms with E-state index in [0.717, 1.165) is 23.4 Å². The first kappa shape index (κ1) is 17.0. The third-order valence-corrected chi connectivity index (χ3v) is 5.94. The fraction of sp³-hybridized carbons (Fsp3) is 0.318. The summed E-state index contributed by atoms with van der Waals surface area (Å²) in [5.74, 6) is 0.544. The van der Waals surface area contributed by atoms with Gasteiger partial charge in [0.1, 0.15) is 5.69 Å². The number of pyridine rings is 1. The summed E-state index contributed by atoms with van der Waals surface area (Å²) in [5, 5.41) is 4.54. The number of likely N-dealkylation sites (tertiary alicyclic amines) is 1. The molecule has 1 aromatic carbocycles. The predicted octanol–water partition coefficient (Wildman–Crippen LogP) is 2.51. The second-order valence-corrected chi connectivity index (χ2v) is 7.81. The molecule has 2 aliphatic rings. The minimum atomic E-state index is 0.0126. The SMILES string of the molecule is Cn1nc(-c2ccccc2)cc1C(=O)N1C[C@H]2C[C@@H](C1)c1cccc(=O)n1C2. The molecule has 1 saturated heterocycles. The molecule has 5 rings (SSSR count). The van der Waals surface area contributed by atoms with Gasteiger partial charge < -0.3 is 9.47 Å². The number of aromatic nitrogens is 3. The zero-order valence-electron chi connectivity index (χ0n) is 15.8. The third-order valence-electron chi connectivity index (χ3n) is 5.94. The van der Waals surface area contributed by atoms with Gasteiger partial charge in [0.05, 0.1) is 5.69 Å². The number of rotatable bonds is 2. The minimum absolute atomic E-state index is 0.0126. The molecule has 6 heteroatoms. The van der Waals surface area contributed by atoms with Crippen molar-refractivity contribution < 1.29 is 4.79 Å². The largest absolute Gasteiger partial charge is 0.336 e. The molecule has 0 spiro atoms. The highest BCUT2D eigenvalue weighted by atomic mass is 16.2. The maximum Gasteiger partial charge on any atom is 0.272 e. The van der Waals surface area contributed by atoms with E-state index in [-0.39, 0.29) is 17.4 Å². The first-order valence-corrected chi connectivity index (χ1v) is 9.68. The highest BCUT2D eigenvalue weighted by molar-refractivity contribution is 5.94. The Balaban J connectivity index is 1.43. The Bertz CT molecular complexity index is 1100. The lowest BCUT2D eigenvalue weighted by Gasteiger charge is -2.42. The molecule has 0 unspecified atom stereocenters. The second-order valence-electron chi connectivity index (χ2n) is 7.81. The average Bonchev–Trinajstić information content (AvgIpc) is 3.10. The van der Waals surface area contributed by atoms with Crippen molar-refractivity contribution in [2.24, 2.45) is 13.0 Å². The van der Waals surface area contributed by atoms with Crippen molar-refractivity contribution in [3.63, 3.8) is 0 Å². The van der Waals surface area contributed by atoms with Crippen LogP contribution in [-0.4, -0.2) is 38.2 Å². The van der Waals surface area contributed by atoms with E-state index in [1.54, 1.807) is 10.7 Å². The van der Waals surface area contributed by atoms with E-state index < -0.39 is 0 Å². The summed E-state index contributed by atoms with van der Waals surface area (Å²) in [6.45, 7) is 2.02. The molecule has 2 aliphatic heterocycles. The van der Waals surface area contributed by atoms with Crippen molar-refractivity contribution in [2.45, 2.75) is 18.9 Å². The summed E-state index contributed by atoms with van der Waals surface area (Å²) >= 11 is 0.